The van der Waals surface area contributed by atoms with Crippen LogP contribution in [0.3, 0.4) is 0 Å². The predicted molar refractivity (Wildman–Crippen MR) is 115 cm³/mol. The van der Waals surface area contributed by atoms with Crippen LogP contribution in [0.5, 0.6) is 0 Å². The fraction of sp³-hybridized carbons (Fsp3) is 0.500. The molecule has 0 radical (unpaired) electrons. The Labute approximate surface area is 171 Å². The highest BCUT2D eigenvalue weighted by Crippen LogP contribution is 2.28. The van der Waals surface area contributed by atoms with E-state index in [-0.39, 0.29) is 5.91 Å². The number of nitrogens with one attached hydrogen (secondary N) is 2. The van der Waals surface area contributed by atoms with E-state index in [0.717, 1.165) is 41.9 Å². The summed E-state index contributed by atoms with van der Waals surface area (Å²) in [5, 5.41) is 6.35. The zero-order chi connectivity index (χ0) is 20.1. The van der Waals surface area contributed by atoms with E-state index in [1.807, 2.05) is 37.3 Å². The first-order valence-corrected chi connectivity index (χ1v) is 10.5. The molecule has 0 unspecified atom stereocenters. The third-order valence-corrected chi connectivity index (χ3v) is 5.53. The fourth-order valence-electron chi connectivity index (χ4n) is 4.00. The molecule has 1 saturated carbocycles. The van der Waals surface area contributed by atoms with Crippen molar-refractivity contribution in [2.75, 3.05) is 41.8 Å². The van der Waals surface area contributed by atoms with Crippen LogP contribution in [0.4, 0.5) is 23.1 Å². The van der Waals surface area contributed by atoms with Gasteiger partial charge in [-0.1, -0.05) is 12.8 Å². The smallest absolute Gasteiger partial charge is 0.227 e. The predicted octanol–water partition coefficient (Wildman–Crippen LogP) is 3.88. The highest BCUT2D eigenvalue weighted by molar-refractivity contribution is 5.91. The van der Waals surface area contributed by atoms with Crippen molar-refractivity contribution in [2.24, 2.45) is 5.92 Å². The van der Waals surface area contributed by atoms with Crippen molar-refractivity contribution in [3.63, 3.8) is 0 Å². The Balaban J connectivity index is 1.37. The number of morpholine rings is 1. The van der Waals surface area contributed by atoms with Crippen LogP contribution in [0.1, 0.15) is 37.8 Å². The van der Waals surface area contributed by atoms with Crippen LogP contribution in [0, 0.1) is 12.8 Å². The standard InChI is InChI=1S/C22H29N5O2/c1-16-14-20(26-22(23-16)27-10-12-29-13-11-27)24-18-6-8-19(9-7-18)25-21(28)15-17-4-2-3-5-17/h6-9,14,17H,2-5,10-13,15H2,1H3,(H,25,28)(H,23,24,26). The van der Waals surface area contributed by atoms with Gasteiger partial charge in [-0.2, -0.15) is 4.98 Å². The highest BCUT2D eigenvalue weighted by atomic mass is 16.5. The fourth-order valence-corrected chi connectivity index (χ4v) is 4.00. The molecular formula is C22H29N5O2. The molecule has 4 rings (SSSR count). The molecule has 0 spiro atoms. The summed E-state index contributed by atoms with van der Waals surface area (Å²) in [5.74, 6) is 2.15. The van der Waals surface area contributed by atoms with Gasteiger partial charge in [0.1, 0.15) is 5.82 Å². The summed E-state index contributed by atoms with van der Waals surface area (Å²) in [6, 6.07) is 9.69. The van der Waals surface area contributed by atoms with Crippen LogP contribution in [-0.2, 0) is 9.53 Å². The quantitative estimate of drug-likeness (QED) is 0.773. The lowest BCUT2D eigenvalue weighted by atomic mass is 10.0. The first-order valence-electron chi connectivity index (χ1n) is 10.5. The summed E-state index contributed by atoms with van der Waals surface area (Å²) in [6.07, 6.45) is 5.51. The van der Waals surface area contributed by atoms with Gasteiger partial charge in [-0.25, -0.2) is 4.98 Å². The molecular weight excluding hydrogens is 366 g/mol. The number of benzene rings is 1. The summed E-state index contributed by atoms with van der Waals surface area (Å²) in [6.45, 7) is 4.98. The highest BCUT2D eigenvalue weighted by Gasteiger charge is 2.18. The van der Waals surface area contributed by atoms with E-state index in [4.69, 9.17) is 4.74 Å². The van der Waals surface area contributed by atoms with E-state index >= 15 is 0 Å². The first-order chi connectivity index (χ1) is 14.2. The lowest BCUT2D eigenvalue weighted by Gasteiger charge is -2.27. The summed E-state index contributed by atoms with van der Waals surface area (Å²) in [4.78, 5) is 23.6. The van der Waals surface area contributed by atoms with Gasteiger partial charge in [0.05, 0.1) is 13.2 Å². The average molecular weight is 396 g/mol. The molecule has 2 aliphatic rings. The maximum absolute atomic E-state index is 12.2. The summed E-state index contributed by atoms with van der Waals surface area (Å²) in [5.41, 5.74) is 2.66. The molecule has 0 atom stereocenters. The molecule has 0 bridgehead atoms. The van der Waals surface area contributed by atoms with Crippen LogP contribution in [0.25, 0.3) is 0 Å². The molecule has 2 N–H and O–H groups in total. The third kappa shape index (κ3) is 5.44. The van der Waals surface area contributed by atoms with Gasteiger partial charge in [0, 0.05) is 42.6 Å². The van der Waals surface area contributed by atoms with Crippen LogP contribution in [0.15, 0.2) is 30.3 Å². The van der Waals surface area contributed by atoms with Crippen LogP contribution >= 0.6 is 0 Å². The number of amides is 1. The van der Waals surface area contributed by atoms with E-state index < -0.39 is 0 Å². The third-order valence-electron chi connectivity index (χ3n) is 5.53. The van der Waals surface area contributed by atoms with Crippen LogP contribution < -0.4 is 15.5 Å². The number of aryl methyl sites for hydroxylation is 1. The molecule has 1 amide bonds. The van der Waals surface area contributed by atoms with Gasteiger partial charge in [-0.05, 0) is 49.9 Å². The van der Waals surface area contributed by atoms with Crippen LogP contribution in [0.2, 0.25) is 0 Å². The van der Waals surface area contributed by atoms with Crippen molar-refractivity contribution < 1.29 is 9.53 Å². The van der Waals surface area contributed by atoms with Crippen LogP contribution in [-0.4, -0.2) is 42.2 Å². The molecule has 29 heavy (non-hydrogen) atoms. The monoisotopic (exact) mass is 395 g/mol. The van der Waals surface area contributed by atoms with Crippen molar-refractivity contribution in [1.82, 2.24) is 9.97 Å². The SMILES string of the molecule is Cc1cc(Nc2ccc(NC(=O)CC3CCCC3)cc2)nc(N2CCOCC2)n1. The second-order valence-corrected chi connectivity index (χ2v) is 7.90. The number of rotatable bonds is 6. The summed E-state index contributed by atoms with van der Waals surface area (Å²) < 4.78 is 5.41. The Hall–Kier alpha value is -2.67. The molecule has 1 aromatic heterocycles. The number of hydrogen-bond donors (Lipinski definition) is 2. The molecule has 2 aromatic rings. The Morgan fingerprint density at radius 1 is 1.10 bits per heavy atom. The second-order valence-electron chi connectivity index (χ2n) is 7.90. The van der Waals surface area contributed by atoms with E-state index in [9.17, 15) is 4.79 Å². The maximum atomic E-state index is 12.2. The number of anilines is 4. The van der Waals surface area contributed by atoms with Gasteiger partial charge in [-0.3, -0.25) is 4.79 Å². The van der Waals surface area contributed by atoms with Gasteiger partial charge in [0.15, 0.2) is 0 Å². The zero-order valence-electron chi connectivity index (χ0n) is 17.0. The van der Waals surface area contributed by atoms with Crippen molar-refractivity contribution in [3.8, 4) is 0 Å². The van der Waals surface area contributed by atoms with Crippen molar-refractivity contribution in [1.29, 1.82) is 0 Å². The van der Waals surface area contributed by atoms with Gasteiger partial charge < -0.3 is 20.3 Å². The molecule has 7 heteroatoms. The lowest BCUT2D eigenvalue weighted by molar-refractivity contribution is -0.117. The molecule has 1 aromatic carbocycles. The topological polar surface area (TPSA) is 79.4 Å². The van der Waals surface area contributed by atoms with E-state index in [1.54, 1.807) is 0 Å². The van der Waals surface area contributed by atoms with Crippen molar-refractivity contribution in [2.45, 2.75) is 39.0 Å². The molecule has 154 valence electrons. The zero-order valence-corrected chi connectivity index (χ0v) is 17.0. The molecule has 1 aliphatic heterocycles. The minimum Gasteiger partial charge on any atom is -0.378 e. The van der Waals surface area contributed by atoms with Gasteiger partial charge in [0.25, 0.3) is 0 Å². The number of carbonyl (C=O) groups is 1. The largest absolute Gasteiger partial charge is 0.378 e. The number of nitrogens with zero attached hydrogens (tertiary/aromatic N) is 3. The maximum Gasteiger partial charge on any atom is 0.227 e. The Bertz CT molecular complexity index is 828. The minimum absolute atomic E-state index is 0.110. The lowest BCUT2D eigenvalue weighted by Crippen LogP contribution is -2.37. The van der Waals surface area contributed by atoms with Crippen molar-refractivity contribution in [3.05, 3.63) is 36.0 Å². The van der Waals surface area contributed by atoms with Crippen molar-refractivity contribution >= 4 is 29.0 Å². The average Bonchev–Trinajstić information content (AvgIpc) is 3.22. The summed E-state index contributed by atoms with van der Waals surface area (Å²) >= 11 is 0. The number of ether oxygens (including phenoxy) is 1. The molecule has 2 heterocycles. The molecule has 1 saturated heterocycles. The minimum atomic E-state index is 0.110. The molecule has 7 nitrogen and oxygen atoms in total. The molecule has 1 aliphatic carbocycles. The van der Waals surface area contributed by atoms with Gasteiger partial charge in [0.2, 0.25) is 11.9 Å². The number of aromatic nitrogens is 2. The normalized spacial score (nSPS) is 17.3. The number of carbonyl (C=O) groups excluding carboxylic acids is 1. The molecule has 2 fully saturated rings. The Kier molecular flexibility index (Phi) is 6.24. The van der Waals surface area contributed by atoms with Gasteiger partial charge in [-0.15, -0.1) is 0 Å². The van der Waals surface area contributed by atoms with E-state index in [1.165, 1.54) is 25.7 Å². The number of hydrogen-bond acceptors (Lipinski definition) is 6. The summed E-state index contributed by atoms with van der Waals surface area (Å²) in [7, 11) is 0. The van der Waals surface area contributed by atoms with E-state index in [0.29, 0.717) is 25.6 Å². The Morgan fingerprint density at radius 2 is 1.79 bits per heavy atom. The second kappa shape index (κ2) is 9.22. The Morgan fingerprint density at radius 3 is 2.52 bits per heavy atom. The first kappa shape index (κ1) is 19.6. The van der Waals surface area contributed by atoms with E-state index in [2.05, 4.69) is 25.5 Å². The van der Waals surface area contributed by atoms with Gasteiger partial charge >= 0.3 is 0 Å².